The highest BCUT2D eigenvalue weighted by atomic mass is 16.5. The first-order valence-electron chi connectivity index (χ1n) is 6.58. The number of hydrogen-bond acceptors (Lipinski definition) is 4. The molecule has 5 heteroatoms. The number of carbonyl (C=O) groups is 1. The Morgan fingerprint density at radius 2 is 2.21 bits per heavy atom. The third-order valence-corrected chi connectivity index (χ3v) is 3.17. The third-order valence-electron chi connectivity index (χ3n) is 3.17. The topological polar surface area (TPSA) is 64.8 Å². The molecule has 0 bridgehead atoms. The van der Waals surface area contributed by atoms with Crippen LogP contribution in [0.4, 0.5) is 0 Å². The minimum atomic E-state index is -0.0344. The second kappa shape index (κ2) is 6.54. The molecule has 1 aromatic rings. The van der Waals surface area contributed by atoms with Crippen LogP contribution >= 0.6 is 0 Å². The van der Waals surface area contributed by atoms with Gasteiger partial charge in [-0.05, 0) is 31.2 Å². The molecule has 19 heavy (non-hydrogen) atoms. The van der Waals surface area contributed by atoms with Gasteiger partial charge in [-0.3, -0.25) is 4.79 Å². The average molecular weight is 264 g/mol. The summed E-state index contributed by atoms with van der Waals surface area (Å²) in [6.45, 7) is 4.64. The molecule has 104 valence electrons. The fourth-order valence-corrected chi connectivity index (χ4v) is 2.14. The third kappa shape index (κ3) is 3.24. The summed E-state index contributed by atoms with van der Waals surface area (Å²) in [6, 6.07) is 7.17. The van der Waals surface area contributed by atoms with Crippen LogP contribution in [-0.2, 0) is 4.74 Å². The summed E-state index contributed by atoms with van der Waals surface area (Å²) in [4.78, 5) is 14.2. The first-order valence-corrected chi connectivity index (χ1v) is 6.58. The lowest BCUT2D eigenvalue weighted by Gasteiger charge is -2.34. The normalized spacial score (nSPS) is 19.3. The zero-order chi connectivity index (χ0) is 13.7. The Hall–Kier alpha value is -1.59. The van der Waals surface area contributed by atoms with Crippen LogP contribution in [0.1, 0.15) is 17.3 Å². The fourth-order valence-electron chi connectivity index (χ4n) is 2.14. The van der Waals surface area contributed by atoms with Crippen molar-refractivity contribution in [3.63, 3.8) is 0 Å². The van der Waals surface area contributed by atoms with E-state index in [2.05, 4.69) is 0 Å². The summed E-state index contributed by atoms with van der Waals surface area (Å²) in [5.41, 5.74) is 6.34. The van der Waals surface area contributed by atoms with E-state index >= 15 is 0 Å². The van der Waals surface area contributed by atoms with Crippen LogP contribution in [0, 0.1) is 0 Å². The first kappa shape index (κ1) is 13.8. The molecule has 1 saturated heterocycles. The predicted octanol–water partition coefficient (Wildman–Crippen LogP) is 0.885. The lowest BCUT2D eigenvalue weighted by atomic mass is 10.1. The van der Waals surface area contributed by atoms with Gasteiger partial charge in [-0.15, -0.1) is 0 Å². The van der Waals surface area contributed by atoms with Crippen molar-refractivity contribution in [3.05, 3.63) is 29.8 Å². The molecular weight excluding hydrogens is 244 g/mol. The van der Waals surface area contributed by atoms with Crippen molar-refractivity contribution >= 4 is 5.91 Å². The molecule has 5 nitrogen and oxygen atoms in total. The van der Waals surface area contributed by atoms with Crippen LogP contribution in [0.15, 0.2) is 24.3 Å². The monoisotopic (exact) mass is 264 g/mol. The van der Waals surface area contributed by atoms with Gasteiger partial charge in [0.15, 0.2) is 0 Å². The van der Waals surface area contributed by atoms with E-state index in [1.54, 1.807) is 17.0 Å². The molecule has 1 heterocycles. The van der Waals surface area contributed by atoms with E-state index in [4.69, 9.17) is 15.2 Å². The molecule has 0 aliphatic carbocycles. The number of benzene rings is 1. The molecule has 1 unspecified atom stereocenters. The van der Waals surface area contributed by atoms with Crippen molar-refractivity contribution in [2.75, 3.05) is 32.9 Å². The van der Waals surface area contributed by atoms with Crippen LogP contribution in [0.25, 0.3) is 0 Å². The van der Waals surface area contributed by atoms with Crippen LogP contribution in [0.2, 0.25) is 0 Å². The van der Waals surface area contributed by atoms with Crippen LogP contribution < -0.4 is 10.5 Å². The zero-order valence-electron chi connectivity index (χ0n) is 11.2. The Morgan fingerprint density at radius 1 is 1.47 bits per heavy atom. The number of amides is 1. The van der Waals surface area contributed by atoms with E-state index < -0.39 is 0 Å². The summed E-state index contributed by atoms with van der Waals surface area (Å²) in [5.74, 6) is 0.776. The van der Waals surface area contributed by atoms with E-state index in [9.17, 15) is 4.79 Å². The second-order valence-electron chi connectivity index (χ2n) is 4.42. The van der Waals surface area contributed by atoms with Gasteiger partial charge in [0, 0.05) is 18.7 Å². The Bertz CT molecular complexity index is 419. The molecule has 0 radical (unpaired) electrons. The van der Waals surface area contributed by atoms with E-state index in [1.165, 1.54) is 0 Å². The van der Waals surface area contributed by atoms with Crippen LogP contribution in [0.5, 0.6) is 5.75 Å². The van der Waals surface area contributed by atoms with Crippen molar-refractivity contribution < 1.29 is 14.3 Å². The van der Waals surface area contributed by atoms with Crippen molar-refractivity contribution in [2.45, 2.75) is 13.0 Å². The van der Waals surface area contributed by atoms with Gasteiger partial charge in [0.25, 0.3) is 5.91 Å². The smallest absolute Gasteiger partial charge is 0.254 e. The molecule has 1 atom stereocenters. The highest BCUT2D eigenvalue weighted by Crippen LogP contribution is 2.16. The van der Waals surface area contributed by atoms with Gasteiger partial charge < -0.3 is 20.1 Å². The Kier molecular flexibility index (Phi) is 4.76. The summed E-state index contributed by atoms with van der Waals surface area (Å²) >= 11 is 0. The number of carbonyl (C=O) groups excluding carboxylic acids is 1. The number of ether oxygens (including phenoxy) is 2. The Labute approximate surface area is 113 Å². The van der Waals surface area contributed by atoms with Gasteiger partial charge in [0.1, 0.15) is 5.75 Å². The number of nitrogens with zero attached hydrogens (tertiary/aromatic N) is 1. The number of morpholine rings is 1. The quantitative estimate of drug-likeness (QED) is 0.877. The van der Waals surface area contributed by atoms with Gasteiger partial charge in [-0.25, -0.2) is 0 Å². The standard InChI is InChI=1S/C14H20N2O3/c1-2-19-13-5-3-11(4-6-13)14(17)16-7-8-18-10-12(16)9-15/h3-6,12H,2,7-10,15H2,1H3. The molecule has 2 rings (SSSR count). The average Bonchev–Trinajstić information content (AvgIpc) is 2.47. The van der Waals surface area contributed by atoms with Gasteiger partial charge in [0.2, 0.25) is 0 Å². The lowest BCUT2D eigenvalue weighted by molar-refractivity contribution is 0.000838. The maximum atomic E-state index is 12.4. The SMILES string of the molecule is CCOc1ccc(C(=O)N2CCOCC2CN)cc1. The molecule has 1 aliphatic heterocycles. The molecule has 1 amide bonds. The van der Waals surface area contributed by atoms with Gasteiger partial charge in [-0.2, -0.15) is 0 Å². The molecule has 0 saturated carbocycles. The van der Waals surface area contributed by atoms with Crippen molar-refractivity contribution in [1.82, 2.24) is 4.90 Å². The first-order chi connectivity index (χ1) is 9.26. The summed E-state index contributed by atoms with van der Waals surface area (Å²) in [7, 11) is 0. The largest absolute Gasteiger partial charge is 0.494 e. The van der Waals surface area contributed by atoms with E-state index in [0.717, 1.165) is 5.75 Å². The van der Waals surface area contributed by atoms with Crippen molar-refractivity contribution in [1.29, 1.82) is 0 Å². The molecular formula is C14H20N2O3. The van der Waals surface area contributed by atoms with E-state index in [-0.39, 0.29) is 11.9 Å². The molecule has 1 aromatic carbocycles. The molecule has 2 N–H and O–H groups in total. The summed E-state index contributed by atoms with van der Waals surface area (Å²) in [6.07, 6.45) is 0. The Morgan fingerprint density at radius 3 is 2.84 bits per heavy atom. The summed E-state index contributed by atoms with van der Waals surface area (Å²) < 4.78 is 10.7. The molecule has 1 fully saturated rings. The number of rotatable bonds is 4. The number of hydrogen-bond donors (Lipinski definition) is 1. The fraction of sp³-hybridized carbons (Fsp3) is 0.500. The molecule has 0 spiro atoms. The zero-order valence-corrected chi connectivity index (χ0v) is 11.2. The molecule has 0 aromatic heterocycles. The maximum Gasteiger partial charge on any atom is 0.254 e. The number of nitrogens with two attached hydrogens (primary N) is 1. The van der Waals surface area contributed by atoms with Gasteiger partial charge in [0.05, 0.1) is 25.9 Å². The highest BCUT2D eigenvalue weighted by molar-refractivity contribution is 5.94. The van der Waals surface area contributed by atoms with Gasteiger partial charge >= 0.3 is 0 Å². The van der Waals surface area contributed by atoms with E-state index in [0.29, 0.717) is 38.5 Å². The maximum absolute atomic E-state index is 12.4. The van der Waals surface area contributed by atoms with Gasteiger partial charge in [-0.1, -0.05) is 0 Å². The predicted molar refractivity (Wildman–Crippen MR) is 72.3 cm³/mol. The second-order valence-corrected chi connectivity index (χ2v) is 4.42. The van der Waals surface area contributed by atoms with Crippen LogP contribution in [0.3, 0.4) is 0 Å². The highest BCUT2D eigenvalue weighted by Gasteiger charge is 2.26. The van der Waals surface area contributed by atoms with E-state index in [1.807, 2.05) is 19.1 Å². The minimum Gasteiger partial charge on any atom is -0.494 e. The molecule has 1 aliphatic rings. The van der Waals surface area contributed by atoms with Crippen molar-refractivity contribution in [2.24, 2.45) is 5.73 Å². The Balaban J connectivity index is 2.09. The van der Waals surface area contributed by atoms with Crippen LogP contribution in [-0.4, -0.2) is 49.8 Å². The lowest BCUT2D eigenvalue weighted by Crippen LogP contribution is -2.52. The summed E-state index contributed by atoms with van der Waals surface area (Å²) in [5, 5.41) is 0. The minimum absolute atomic E-state index is 0.00167. The van der Waals surface area contributed by atoms with Crippen molar-refractivity contribution in [3.8, 4) is 5.75 Å².